The van der Waals surface area contributed by atoms with E-state index in [9.17, 15) is 4.79 Å². The van der Waals surface area contributed by atoms with Crippen molar-refractivity contribution in [2.75, 3.05) is 18.4 Å². The van der Waals surface area contributed by atoms with Gasteiger partial charge in [0.25, 0.3) is 0 Å². The van der Waals surface area contributed by atoms with Crippen molar-refractivity contribution in [2.45, 2.75) is 38.1 Å². The summed E-state index contributed by atoms with van der Waals surface area (Å²) in [4.78, 5) is 17.1. The number of carbonyl (C=O) groups is 1. The van der Waals surface area contributed by atoms with Crippen LogP contribution in [0.1, 0.15) is 38.1 Å². The second-order valence-corrected chi connectivity index (χ2v) is 6.41. The Kier molecular flexibility index (Phi) is 4.87. The lowest BCUT2D eigenvalue weighted by molar-refractivity contribution is -0.119. The smallest absolute Gasteiger partial charge is 0.231 e. The van der Waals surface area contributed by atoms with E-state index in [0.717, 1.165) is 36.5 Å². The van der Waals surface area contributed by atoms with Crippen LogP contribution in [0.2, 0.25) is 0 Å². The van der Waals surface area contributed by atoms with E-state index in [4.69, 9.17) is 0 Å². The van der Waals surface area contributed by atoms with Crippen LogP contribution < -0.4 is 10.6 Å². The number of nitrogens with zero attached hydrogens (tertiary/aromatic N) is 2. The first-order valence-corrected chi connectivity index (χ1v) is 8.31. The summed E-state index contributed by atoms with van der Waals surface area (Å²) in [7, 11) is 0. The van der Waals surface area contributed by atoms with E-state index >= 15 is 0 Å². The van der Waals surface area contributed by atoms with Crippen molar-refractivity contribution < 1.29 is 4.79 Å². The summed E-state index contributed by atoms with van der Waals surface area (Å²) >= 11 is 0. The van der Waals surface area contributed by atoms with Crippen molar-refractivity contribution >= 4 is 35.3 Å². The first-order chi connectivity index (χ1) is 10.8. The molecule has 1 aromatic carbocycles. The van der Waals surface area contributed by atoms with E-state index in [1.54, 1.807) is 0 Å². The topological polar surface area (TPSA) is 59.0 Å². The monoisotopic (exact) mass is 334 g/mol. The second-order valence-electron chi connectivity index (χ2n) is 6.41. The van der Waals surface area contributed by atoms with Gasteiger partial charge in [0.05, 0.1) is 17.0 Å². The Morgan fingerprint density at radius 3 is 2.74 bits per heavy atom. The number of benzene rings is 1. The number of amides is 1. The maximum atomic E-state index is 12.5. The summed E-state index contributed by atoms with van der Waals surface area (Å²) in [5.74, 6) is 0.890. The van der Waals surface area contributed by atoms with E-state index in [0.29, 0.717) is 6.04 Å². The zero-order chi connectivity index (χ0) is 14.9. The van der Waals surface area contributed by atoms with Gasteiger partial charge in [-0.05, 0) is 37.9 Å². The van der Waals surface area contributed by atoms with Crippen LogP contribution in [0.25, 0.3) is 11.0 Å². The third-order valence-corrected chi connectivity index (χ3v) is 4.95. The number of imidazole rings is 1. The predicted molar refractivity (Wildman–Crippen MR) is 94.1 cm³/mol. The Balaban J connectivity index is 0.00000156. The van der Waals surface area contributed by atoms with Gasteiger partial charge in [-0.15, -0.1) is 12.4 Å². The van der Waals surface area contributed by atoms with E-state index in [1.807, 2.05) is 18.2 Å². The van der Waals surface area contributed by atoms with Gasteiger partial charge in [0.15, 0.2) is 0 Å². The normalized spacial score (nSPS) is 21.5. The number of para-hydroxylation sites is 2. The Bertz CT molecular complexity index is 687. The molecule has 0 bridgehead atoms. The summed E-state index contributed by atoms with van der Waals surface area (Å²) in [6.07, 6.45) is 5.78. The average Bonchev–Trinajstić information content (AvgIpc) is 3.27. The Labute approximate surface area is 142 Å². The largest absolute Gasteiger partial charge is 0.316 e. The van der Waals surface area contributed by atoms with Crippen molar-refractivity contribution in [3.05, 3.63) is 24.3 Å². The standard InChI is InChI=1S/C17H22N4O.ClH/c22-16(12-9-10-18-11-12)20-17-19-14-7-3-4-8-15(14)21(17)13-5-1-2-6-13;/h3-4,7-8,12-13,18H,1-2,5-6,9-11H2,(H,19,20,22);1H. The molecule has 1 saturated carbocycles. The second kappa shape index (κ2) is 6.89. The van der Waals surface area contributed by atoms with Crippen LogP contribution in [0, 0.1) is 5.92 Å². The van der Waals surface area contributed by atoms with Crippen molar-refractivity contribution in [3.63, 3.8) is 0 Å². The summed E-state index contributed by atoms with van der Waals surface area (Å²) in [5, 5.41) is 6.34. The predicted octanol–water partition coefficient (Wildman–Crippen LogP) is 3.12. The van der Waals surface area contributed by atoms with Crippen molar-refractivity contribution in [1.82, 2.24) is 14.9 Å². The van der Waals surface area contributed by atoms with E-state index < -0.39 is 0 Å². The molecule has 2 N–H and O–H groups in total. The van der Waals surface area contributed by atoms with Crippen molar-refractivity contribution in [2.24, 2.45) is 5.92 Å². The fraction of sp³-hybridized carbons (Fsp3) is 0.529. The summed E-state index contributed by atoms with van der Waals surface area (Å²) < 4.78 is 2.25. The molecule has 1 atom stereocenters. The number of halogens is 1. The van der Waals surface area contributed by atoms with Crippen LogP contribution in [0.3, 0.4) is 0 Å². The van der Waals surface area contributed by atoms with Gasteiger partial charge >= 0.3 is 0 Å². The average molecular weight is 335 g/mol. The van der Waals surface area contributed by atoms with Gasteiger partial charge in [0, 0.05) is 12.6 Å². The van der Waals surface area contributed by atoms with Gasteiger partial charge in [-0.2, -0.15) is 0 Å². The van der Waals surface area contributed by atoms with Gasteiger partial charge in [-0.25, -0.2) is 4.98 Å². The first kappa shape index (κ1) is 16.3. The molecule has 2 aliphatic rings. The maximum Gasteiger partial charge on any atom is 0.231 e. The molecule has 2 fully saturated rings. The Morgan fingerprint density at radius 1 is 1.22 bits per heavy atom. The number of carbonyl (C=O) groups excluding carboxylic acids is 1. The summed E-state index contributed by atoms with van der Waals surface area (Å²) in [5.41, 5.74) is 2.10. The fourth-order valence-corrected chi connectivity index (χ4v) is 3.76. The molecule has 1 unspecified atom stereocenters. The molecule has 1 aliphatic heterocycles. The lowest BCUT2D eigenvalue weighted by atomic mass is 10.1. The van der Waals surface area contributed by atoms with Crippen LogP contribution in [-0.4, -0.2) is 28.5 Å². The van der Waals surface area contributed by atoms with Gasteiger partial charge in [-0.3, -0.25) is 10.1 Å². The highest BCUT2D eigenvalue weighted by Crippen LogP contribution is 2.35. The molecule has 23 heavy (non-hydrogen) atoms. The van der Waals surface area contributed by atoms with E-state index in [-0.39, 0.29) is 24.2 Å². The summed E-state index contributed by atoms with van der Waals surface area (Å²) in [6.45, 7) is 1.70. The molecule has 1 saturated heterocycles. The minimum atomic E-state index is 0. The minimum absolute atomic E-state index is 0. The zero-order valence-corrected chi connectivity index (χ0v) is 13.9. The number of rotatable bonds is 3. The third kappa shape index (κ3) is 3.08. The SMILES string of the molecule is Cl.O=C(Nc1nc2ccccc2n1C1CCCC1)C1CCNC1. The molecule has 2 aromatic rings. The highest BCUT2D eigenvalue weighted by atomic mass is 35.5. The molecular formula is C17H23ClN4O. The number of nitrogens with one attached hydrogen (secondary N) is 2. The minimum Gasteiger partial charge on any atom is -0.316 e. The molecule has 124 valence electrons. The van der Waals surface area contributed by atoms with Gasteiger partial charge < -0.3 is 9.88 Å². The highest BCUT2D eigenvalue weighted by molar-refractivity contribution is 5.93. The molecule has 0 radical (unpaired) electrons. The maximum absolute atomic E-state index is 12.5. The van der Waals surface area contributed by atoms with Crippen molar-refractivity contribution in [3.8, 4) is 0 Å². The van der Waals surface area contributed by atoms with Crippen LogP contribution >= 0.6 is 12.4 Å². The number of hydrogen-bond donors (Lipinski definition) is 2. The molecule has 1 aromatic heterocycles. The molecule has 4 rings (SSSR count). The number of aromatic nitrogens is 2. The lowest BCUT2D eigenvalue weighted by Gasteiger charge is -2.17. The molecule has 2 heterocycles. The van der Waals surface area contributed by atoms with Gasteiger partial charge in [0.2, 0.25) is 11.9 Å². The molecular weight excluding hydrogens is 312 g/mol. The van der Waals surface area contributed by atoms with E-state index in [2.05, 4.69) is 26.3 Å². The number of anilines is 1. The van der Waals surface area contributed by atoms with E-state index in [1.165, 1.54) is 25.7 Å². The lowest BCUT2D eigenvalue weighted by Crippen LogP contribution is -2.26. The molecule has 0 spiro atoms. The highest BCUT2D eigenvalue weighted by Gasteiger charge is 2.27. The Hall–Kier alpha value is -1.59. The van der Waals surface area contributed by atoms with Crippen LogP contribution in [0.4, 0.5) is 5.95 Å². The molecule has 5 nitrogen and oxygen atoms in total. The Morgan fingerprint density at radius 2 is 2.00 bits per heavy atom. The summed E-state index contributed by atoms with van der Waals surface area (Å²) in [6, 6.07) is 8.63. The number of hydrogen-bond acceptors (Lipinski definition) is 3. The van der Waals surface area contributed by atoms with Gasteiger partial charge in [0.1, 0.15) is 0 Å². The van der Waals surface area contributed by atoms with Crippen LogP contribution in [0.5, 0.6) is 0 Å². The molecule has 6 heteroatoms. The van der Waals surface area contributed by atoms with Crippen molar-refractivity contribution in [1.29, 1.82) is 0 Å². The third-order valence-electron chi connectivity index (χ3n) is 4.95. The zero-order valence-electron chi connectivity index (χ0n) is 13.1. The van der Waals surface area contributed by atoms with Crippen LogP contribution in [-0.2, 0) is 4.79 Å². The van der Waals surface area contributed by atoms with Crippen LogP contribution in [0.15, 0.2) is 24.3 Å². The fourth-order valence-electron chi connectivity index (χ4n) is 3.76. The number of fused-ring (bicyclic) bond motifs is 1. The molecule has 1 amide bonds. The quantitative estimate of drug-likeness (QED) is 0.906. The van der Waals surface area contributed by atoms with Gasteiger partial charge in [-0.1, -0.05) is 25.0 Å². The first-order valence-electron chi connectivity index (χ1n) is 8.31. The molecule has 1 aliphatic carbocycles.